The van der Waals surface area contributed by atoms with Gasteiger partial charge < -0.3 is 18.9 Å². The Morgan fingerprint density at radius 1 is 0.912 bits per heavy atom. The summed E-state index contributed by atoms with van der Waals surface area (Å²) in [5.74, 6) is 0.909. The Balaban J connectivity index is 1.43. The first-order chi connectivity index (χ1) is 16.7. The minimum Gasteiger partial charge on any atom is -0.492 e. The SMILES string of the molecule is CN(C)CCOc1ccc(C=C(CCc2ccc(B3OCCCO3)cc2)c2ccccc2)cc1. The van der Waals surface area contributed by atoms with Crippen molar-refractivity contribution >= 4 is 24.2 Å². The maximum atomic E-state index is 5.84. The van der Waals surface area contributed by atoms with E-state index in [0.29, 0.717) is 6.61 Å². The molecule has 3 aromatic carbocycles. The van der Waals surface area contributed by atoms with Gasteiger partial charge in [-0.1, -0.05) is 72.8 Å². The van der Waals surface area contributed by atoms with Crippen LogP contribution in [0.4, 0.5) is 0 Å². The topological polar surface area (TPSA) is 30.9 Å². The number of aryl methyl sites for hydroxylation is 1. The van der Waals surface area contributed by atoms with E-state index in [0.717, 1.165) is 50.2 Å². The zero-order valence-corrected chi connectivity index (χ0v) is 20.3. The highest BCUT2D eigenvalue weighted by atomic mass is 16.6. The van der Waals surface area contributed by atoms with E-state index in [9.17, 15) is 0 Å². The highest BCUT2D eigenvalue weighted by Gasteiger charge is 2.23. The average molecular weight is 455 g/mol. The van der Waals surface area contributed by atoms with Gasteiger partial charge in [-0.3, -0.25) is 0 Å². The van der Waals surface area contributed by atoms with Gasteiger partial charge in [0, 0.05) is 19.8 Å². The number of ether oxygens (including phenoxy) is 1. The van der Waals surface area contributed by atoms with Crippen molar-refractivity contribution in [3.63, 3.8) is 0 Å². The molecule has 0 aromatic heterocycles. The first-order valence-corrected chi connectivity index (χ1v) is 12.1. The van der Waals surface area contributed by atoms with Crippen LogP contribution in [0.15, 0.2) is 78.9 Å². The van der Waals surface area contributed by atoms with E-state index in [1.54, 1.807) is 0 Å². The standard InChI is InChI=1S/C29H34BNO3/c1-31(2)19-22-32-29-17-12-25(13-18-29)23-27(26-7-4-3-5-8-26)14-9-24-10-15-28(16-11-24)30-33-20-6-21-34-30/h3-5,7-8,10-13,15-18,23H,6,9,14,19-22H2,1-2H3. The van der Waals surface area contributed by atoms with E-state index in [4.69, 9.17) is 14.0 Å². The van der Waals surface area contributed by atoms with Crippen molar-refractivity contribution in [2.75, 3.05) is 40.5 Å². The molecule has 0 aliphatic carbocycles. The van der Waals surface area contributed by atoms with Crippen LogP contribution in [0.3, 0.4) is 0 Å². The molecule has 4 rings (SSSR count). The van der Waals surface area contributed by atoms with Gasteiger partial charge in [0.25, 0.3) is 0 Å². The van der Waals surface area contributed by atoms with E-state index in [2.05, 4.69) is 104 Å². The molecule has 176 valence electrons. The predicted molar refractivity (Wildman–Crippen MR) is 141 cm³/mol. The van der Waals surface area contributed by atoms with Crippen LogP contribution in [0.5, 0.6) is 5.75 Å². The molecule has 0 amide bonds. The van der Waals surface area contributed by atoms with E-state index in [1.165, 1.54) is 22.3 Å². The zero-order valence-electron chi connectivity index (χ0n) is 20.3. The van der Waals surface area contributed by atoms with Gasteiger partial charge in [0.05, 0.1) is 0 Å². The number of rotatable bonds is 10. The number of hydrogen-bond acceptors (Lipinski definition) is 4. The predicted octanol–water partition coefficient (Wildman–Crippen LogP) is 4.93. The van der Waals surface area contributed by atoms with Gasteiger partial charge in [-0.25, -0.2) is 0 Å². The van der Waals surface area contributed by atoms with E-state index in [1.807, 2.05) is 0 Å². The highest BCUT2D eigenvalue weighted by molar-refractivity contribution is 6.61. The molecule has 4 nitrogen and oxygen atoms in total. The Labute approximate surface area is 204 Å². The van der Waals surface area contributed by atoms with Gasteiger partial charge in [-0.15, -0.1) is 0 Å². The molecular formula is C29H34BNO3. The van der Waals surface area contributed by atoms with Gasteiger partial charge >= 0.3 is 7.12 Å². The monoisotopic (exact) mass is 455 g/mol. The number of benzene rings is 3. The Hall–Kier alpha value is -2.86. The summed E-state index contributed by atoms with van der Waals surface area (Å²) in [7, 11) is 3.88. The van der Waals surface area contributed by atoms with Crippen molar-refractivity contribution in [2.45, 2.75) is 19.3 Å². The summed E-state index contributed by atoms with van der Waals surface area (Å²) in [6.07, 6.45) is 5.19. The highest BCUT2D eigenvalue weighted by Crippen LogP contribution is 2.24. The van der Waals surface area contributed by atoms with E-state index < -0.39 is 0 Å². The molecule has 0 unspecified atom stereocenters. The second kappa shape index (κ2) is 12.6. The molecule has 1 fully saturated rings. The molecule has 0 saturated carbocycles. The van der Waals surface area contributed by atoms with Gasteiger partial charge in [0.1, 0.15) is 12.4 Å². The number of hydrogen-bond donors (Lipinski definition) is 0. The Kier molecular flexibility index (Phi) is 8.97. The molecule has 0 spiro atoms. The fourth-order valence-electron chi connectivity index (χ4n) is 3.96. The molecule has 0 radical (unpaired) electrons. The lowest BCUT2D eigenvalue weighted by molar-refractivity contribution is 0.143. The molecule has 0 N–H and O–H groups in total. The van der Waals surface area contributed by atoms with Crippen LogP contribution in [0.1, 0.15) is 29.5 Å². The summed E-state index contributed by atoms with van der Waals surface area (Å²) >= 11 is 0. The van der Waals surface area contributed by atoms with Gasteiger partial charge in [-0.2, -0.15) is 0 Å². The molecule has 0 bridgehead atoms. The smallest absolute Gasteiger partial charge is 0.492 e. The van der Waals surface area contributed by atoms with Crippen LogP contribution >= 0.6 is 0 Å². The molecule has 1 aliphatic heterocycles. The largest absolute Gasteiger partial charge is 0.493 e. The number of allylic oxidation sites excluding steroid dienone is 1. The summed E-state index contributed by atoms with van der Waals surface area (Å²) in [6.45, 7) is 3.12. The second-order valence-electron chi connectivity index (χ2n) is 8.93. The van der Waals surface area contributed by atoms with Crippen LogP contribution < -0.4 is 10.2 Å². The summed E-state index contributed by atoms with van der Waals surface area (Å²) in [4.78, 5) is 2.12. The summed E-state index contributed by atoms with van der Waals surface area (Å²) in [5.41, 5.74) is 6.17. The van der Waals surface area contributed by atoms with Crippen LogP contribution in [0, 0.1) is 0 Å². The summed E-state index contributed by atoms with van der Waals surface area (Å²) < 4.78 is 17.3. The van der Waals surface area contributed by atoms with Crippen LogP contribution in [-0.2, 0) is 15.7 Å². The molecular weight excluding hydrogens is 421 g/mol. The molecule has 1 aliphatic rings. The lowest BCUT2D eigenvalue weighted by Crippen LogP contribution is -2.40. The summed E-state index contributed by atoms with van der Waals surface area (Å²) in [5, 5.41) is 0. The molecule has 34 heavy (non-hydrogen) atoms. The molecule has 0 atom stereocenters. The van der Waals surface area contributed by atoms with Crippen molar-refractivity contribution in [1.82, 2.24) is 4.90 Å². The van der Waals surface area contributed by atoms with Crippen molar-refractivity contribution in [3.05, 3.63) is 95.6 Å². The normalized spacial score (nSPS) is 14.4. The molecule has 5 heteroatoms. The van der Waals surface area contributed by atoms with Crippen molar-refractivity contribution in [3.8, 4) is 5.75 Å². The summed E-state index contributed by atoms with van der Waals surface area (Å²) in [6, 6.07) is 27.7. The minimum absolute atomic E-state index is 0.225. The first kappa shape index (κ1) is 24.3. The second-order valence-corrected chi connectivity index (χ2v) is 8.93. The molecule has 3 aromatic rings. The van der Waals surface area contributed by atoms with E-state index >= 15 is 0 Å². The van der Waals surface area contributed by atoms with Crippen LogP contribution in [-0.4, -0.2) is 52.5 Å². The Bertz CT molecular complexity index is 1030. The van der Waals surface area contributed by atoms with E-state index in [-0.39, 0.29) is 7.12 Å². The quantitative estimate of drug-likeness (QED) is 0.320. The van der Waals surface area contributed by atoms with Crippen molar-refractivity contribution < 1.29 is 14.0 Å². The number of nitrogens with zero attached hydrogens (tertiary/aromatic N) is 1. The third-order valence-electron chi connectivity index (χ3n) is 5.93. The third-order valence-corrected chi connectivity index (χ3v) is 5.93. The average Bonchev–Trinajstić information content (AvgIpc) is 2.88. The van der Waals surface area contributed by atoms with Crippen molar-refractivity contribution in [2.24, 2.45) is 0 Å². The molecule has 1 heterocycles. The fraction of sp³-hybridized carbons (Fsp3) is 0.310. The molecule has 1 saturated heterocycles. The first-order valence-electron chi connectivity index (χ1n) is 12.1. The Morgan fingerprint density at radius 3 is 2.29 bits per heavy atom. The fourth-order valence-corrected chi connectivity index (χ4v) is 3.96. The number of likely N-dealkylation sites (N-methyl/N-ethyl adjacent to an activating group) is 1. The maximum absolute atomic E-state index is 5.84. The van der Waals surface area contributed by atoms with Crippen molar-refractivity contribution in [1.29, 1.82) is 0 Å². The maximum Gasteiger partial charge on any atom is 0.493 e. The van der Waals surface area contributed by atoms with Gasteiger partial charge in [0.15, 0.2) is 0 Å². The zero-order chi connectivity index (χ0) is 23.6. The van der Waals surface area contributed by atoms with Crippen LogP contribution in [0.2, 0.25) is 0 Å². The van der Waals surface area contributed by atoms with Gasteiger partial charge in [-0.05, 0) is 73.2 Å². The minimum atomic E-state index is -0.225. The van der Waals surface area contributed by atoms with Crippen LogP contribution in [0.25, 0.3) is 11.6 Å². The lowest BCUT2D eigenvalue weighted by atomic mass is 9.77. The lowest BCUT2D eigenvalue weighted by Gasteiger charge is -2.20. The van der Waals surface area contributed by atoms with Gasteiger partial charge in [0.2, 0.25) is 0 Å². The third kappa shape index (κ3) is 7.32. The Morgan fingerprint density at radius 2 is 1.62 bits per heavy atom.